The molecule has 0 aliphatic rings. The second kappa shape index (κ2) is 4.27. The molecule has 1 atom stereocenters. The number of hydrogen-bond acceptors (Lipinski definition) is 3. The number of aliphatic hydroxyl groups is 1. The molecule has 5 heteroatoms. The Morgan fingerprint density at radius 1 is 1.53 bits per heavy atom. The summed E-state index contributed by atoms with van der Waals surface area (Å²) in [6.45, 7) is 1.75. The third-order valence-electron chi connectivity index (χ3n) is 2.09. The Labute approximate surface area is 85.6 Å². The maximum atomic E-state index is 13.1. The molecular formula is C10H11FO4. The predicted octanol–water partition coefficient (Wildman–Crippen LogP) is 1.21. The first-order chi connectivity index (χ1) is 6.97. The number of hydrogen-bond donors (Lipinski definition) is 3. The number of phenols is 1. The summed E-state index contributed by atoms with van der Waals surface area (Å²) in [5, 5.41) is 27.0. The molecule has 1 unspecified atom stereocenters. The van der Waals surface area contributed by atoms with E-state index in [-0.39, 0.29) is 5.56 Å². The molecule has 82 valence electrons. The number of carboxylic acid groups (broad SMARTS) is 1. The number of aliphatic carboxylic acids is 1. The van der Waals surface area contributed by atoms with Gasteiger partial charge in [-0.25, -0.2) is 9.18 Å². The van der Waals surface area contributed by atoms with Gasteiger partial charge in [0.15, 0.2) is 17.7 Å². The zero-order valence-corrected chi connectivity index (χ0v) is 8.07. The lowest BCUT2D eigenvalue weighted by molar-refractivity contribution is -0.147. The SMILES string of the molecule is CCc1cc(F)c(O)c(C(O)C(=O)O)c1. The van der Waals surface area contributed by atoms with Crippen molar-refractivity contribution < 1.29 is 24.5 Å². The van der Waals surface area contributed by atoms with Crippen LogP contribution < -0.4 is 0 Å². The van der Waals surface area contributed by atoms with Crippen LogP contribution >= 0.6 is 0 Å². The fourth-order valence-corrected chi connectivity index (χ4v) is 1.22. The van der Waals surface area contributed by atoms with E-state index in [9.17, 15) is 19.4 Å². The molecule has 4 nitrogen and oxygen atoms in total. The fraction of sp³-hybridized carbons (Fsp3) is 0.300. The van der Waals surface area contributed by atoms with E-state index in [1.54, 1.807) is 6.92 Å². The van der Waals surface area contributed by atoms with E-state index in [1.165, 1.54) is 6.07 Å². The first-order valence-corrected chi connectivity index (χ1v) is 4.39. The van der Waals surface area contributed by atoms with Gasteiger partial charge in [0, 0.05) is 5.56 Å². The first-order valence-electron chi connectivity index (χ1n) is 4.39. The number of aliphatic hydroxyl groups excluding tert-OH is 1. The van der Waals surface area contributed by atoms with E-state index in [4.69, 9.17) is 5.11 Å². The Balaban J connectivity index is 3.27. The third kappa shape index (κ3) is 2.24. The Hall–Kier alpha value is -1.62. The molecule has 0 heterocycles. The molecule has 1 aromatic rings. The topological polar surface area (TPSA) is 77.8 Å². The monoisotopic (exact) mass is 214 g/mol. The molecule has 3 N–H and O–H groups in total. The van der Waals surface area contributed by atoms with Crippen LogP contribution in [-0.4, -0.2) is 21.3 Å². The van der Waals surface area contributed by atoms with Crippen LogP contribution in [0.5, 0.6) is 5.75 Å². The van der Waals surface area contributed by atoms with Gasteiger partial charge in [0.25, 0.3) is 0 Å². The molecule has 0 aliphatic heterocycles. The highest BCUT2D eigenvalue weighted by atomic mass is 19.1. The van der Waals surface area contributed by atoms with Crippen LogP contribution in [0.25, 0.3) is 0 Å². The molecule has 1 rings (SSSR count). The largest absolute Gasteiger partial charge is 0.505 e. The van der Waals surface area contributed by atoms with Gasteiger partial charge in [-0.2, -0.15) is 0 Å². The van der Waals surface area contributed by atoms with Crippen LogP contribution in [0.1, 0.15) is 24.2 Å². The molecular weight excluding hydrogens is 203 g/mol. The van der Waals surface area contributed by atoms with Crippen molar-refractivity contribution in [1.29, 1.82) is 0 Å². The van der Waals surface area contributed by atoms with Gasteiger partial charge in [0.2, 0.25) is 0 Å². The lowest BCUT2D eigenvalue weighted by Crippen LogP contribution is -2.11. The van der Waals surface area contributed by atoms with Crippen LogP contribution in [0.3, 0.4) is 0 Å². The van der Waals surface area contributed by atoms with E-state index in [0.717, 1.165) is 6.07 Å². The van der Waals surface area contributed by atoms with Gasteiger partial charge < -0.3 is 15.3 Å². The second-order valence-electron chi connectivity index (χ2n) is 3.11. The van der Waals surface area contributed by atoms with Gasteiger partial charge in [-0.3, -0.25) is 0 Å². The molecule has 1 aromatic carbocycles. The standard InChI is InChI=1S/C10H11FO4/c1-2-5-3-6(9(13)10(14)15)8(12)7(11)4-5/h3-4,9,12-13H,2H2,1H3,(H,14,15). The van der Waals surface area contributed by atoms with E-state index in [2.05, 4.69) is 0 Å². The van der Waals surface area contributed by atoms with E-state index in [0.29, 0.717) is 12.0 Å². The number of phenolic OH excluding ortho intramolecular Hbond substituents is 1. The number of halogens is 1. The van der Waals surface area contributed by atoms with Gasteiger partial charge in [-0.05, 0) is 24.1 Å². The Bertz CT molecular complexity index is 389. The quantitative estimate of drug-likeness (QED) is 0.706. The number of carboxylic acids is 1. The maximum Gasteiger partial charge on any atom is 0.337 e. The smallest absolute Gasteiger partial charge is 0.337 e. The minimum atomic E-state index is -1.91. The van der Waals surface area contributed by atoms with E-state index in [1.807, 2.05) is 0 Å². The number of aromatic hydroxyl groups is 1. The lowest BCUT2D eigenvalue weighted by atomic mass is 10.0. The molecule has 0 amide bonds. The Kier molecular flexibility index (Phi) is 3.26. The van der Waals surface area contributed by atoms with Crippen molar-refractivity contribution in [3.05, 3.63) is 29.1 Å². The molecule has 0 spiro atoms. The summed E-state index contributed by atoms with van der Waals surface area (Å²) >= 11 is 0. The number of carbonyl (C=O) groups is 1. The zero-order chi connectivity index (χ0) is 11.6. The second-order valence-corrected chi connectivity index (χ2v) is 3.11. The summed E-state index contributed by atoms with van der Waals surface area (Å²) in [5.41, 5.74) is 0.194. The molecule has 0 saturated carbocycles. The van der Waals surface area contributed by atoms with Gasteiger partial charge in [-0.15, -0.1) is 0 Å². The van der Waals surface area contributed by atoms with Crippen molar-refractivity contribution in [3.63, 3.8) is 0 Å². The van der Waals surface area contributed by atoms with Crippen LogP contribution in [0.2, 0.25) is 0 Å². The Morgan fingerprint density at radius 3 is 2.60 bits per heavy atom. The number of aryl methyl sites for hydroxylation is 1. The molecule has 0 aliphatic carbocycles. The van der Waals surface area contributed by atoms with Gasteiger partial charge in [-0.1, -0.05) is 6.92 Å². The summed E-state index contributed by atoms with van der Waals surface area (Å²) in [6.07, 6.45) is -1.43. The lowest BCUT2D eigenvalue weighted by Gasteiger charge is -2.10. The number of rotatable bonds is 3. The van der Waals surface area contributed by atoms with Crippen molar-refractivity contribution in [3.8, 4) is 5.75 Å². The van der Waals surface area contributed by atoms with Gasteiger partial charge >= 0.3 is 5.97 Å². The van der Waals surface area contributed by atoms with Crippen molar-refractivity contribution in [2.75, 3.05) is 0 Å². The Morgan fingerprint density at radius 2 is 2.13 bits per heavy atom. The molecule has 0 bridgehead atoms. The van der Waals surface area contributed by atoms with Crippen LogP contribution in [-0.2, 0) is 11.2 Å². The van der Waals surface area contributed by atoms with Crippen molar-refractivity contribution >= 4 is 5.97 Å². The minimum absolute atomic E-state index is 0.320. The normalized spacial score (nSPS) is 12.5. The van der Waals surface area contributed by atoms with Crippen molar-refractivity contribution in [2.24, 2.45) is 0 Å². The maximum absolute atomic E-state index is 13.1. The molecule has 15 heavy (non-hydrogen) atoms. The number of benzene rings is 1. The summed E-state index contributed by atoms with van der Waals surface area (Å²) in [4.78, 5) is 10.5. The third-order valence-corrected chi connectivity index (χ3v) is 2.09. The van der Waals surface area contributed by atoms with Crippen LogP contribution in [0, 0.1) is 5.82 Å². The zero-order valence-electron chi connectivity index (χ0n) is 8.07. The molecule has 0 radical (unpaired) electrons. The average molecular weight is 214 g/mol. The molecule has 0 aromatic heterocycles. The van der Waals surface area contributed by atoms with E-state index >= 15 is 0 Å². The summed E-state index contributed by atoms with van der Waals surface area (Å²) in [6, 6.07) is 2.38. The fourth-order valence-electron chi connectivity index (χ4n) is 1.22. The van der Waals surface area contributed by atoms with Gasteiger partial charge in [0.05, 0.1) is 0 Å². The summed E-state index contributed by atoms with van der Waals surface area (Å²) in [7, 11) is 0. The average Bonchev–Trinajstić information content (AvgIpc) is 2.20. The summed E-state index contributed by atoms with van der Waals surface area (Å²) in [5.74, 6) is -3.27. The first kappa shape index (κ1) is 11.5. The van der Waals surface area contributed by atoms with E-state index < -0.39 is 23.6 Å². The minimum Gasteiger partial charge on any atom is -0.505 e. The highest BCUT2D eigenvalue weighted by Gasteiger charge is 2.22. The van der Waals surface area contributed by atoms with Crippen LogP contribution in [0.4, 0.5) is 4.39 Å². The van der Waals surface area contributed by atoms with Gasteiger partial charge in [0.1, 0.15) is 0 Å². The summed E-state index contributed by atoms with van der Waals surface area (Å²) < 4.78 is 13.1. The highest BCUT2D eigenvalue weighted by molar-refractivity contribution is 5.75. The van der Waals surface area contributed by atoms with Crippen molar-refractivity contribution in [1.82, 2.24) is 0 Å². The predicted molar refractivity (Wildman–Crippen MR) is 50.0 cm³/mol. The van der Waals surface area contributed by atoms with Crippen LogP contribution in [0.15, 0.2) is 12.1 Å². The molecule has 0 saturated heterocycles. The molecule has 0 fully saturated rings. The van der Waals surface area contributed by atoms with Crippen molar-refractivity contribution in [2.45, 2.75) is 19.4 Å². The highest BCUT2D eigenvalue weighted by Crippen LogP contribution is 2.28.